The molecule has 0 aliphatic carbocycles. The standard InChI is InChI=1S/C14H17NO2/c1-14(6-7-16-10-14)15-9-12-8-11-4-2-3-5-13(11)17-12/h2-5,8,15H,6-7,9-10H2,1H3. The molecule has 0 bridgehead atoms. The van der Waals surface area contributed by atoms with Crippen molar-refractivity contribution in [3.8, 4) is 0 Å². The van der Waals surface area contributed by atoms with E-state index in [1.54, 1.807) is 0 Å². The number of rotatable bonds is 3. The first kappa shape index (κ1) is 10.8. The Kier molecular flexibility index (Phi) is 2.65. The first-order chi connectivity index (χ1) is 8.25. The van der Waals surface area contributed by atoms with Crippen molar-refractivity contribution in [1.29, 1.82) is 0 Å². The fourth-order valence-corrected chi connectivity index (χ4v) is 2.23. The third-order valence-corrected chi connectivity index (χ3v) is 3.38. The Labute approximate surface area is 101 Å². The Bertz CT molecular complexity index is 479. The van der Waals surface area contributed by atoms with Crippen molar-refractivity contribution in [3.63, 3.8) is 0 Å². The molecule has 0 saturated carbocycles. The van der Waals surface area contributed by atoms with Gasteiger partial charge in [0.2, 0.25) is 0 Å². The van der Waals surface area contributed by atoms with E-state index in [-0.39, 0.29) is 5.54 Å². The largest absolute Gasteiger partial charge is 0.460 e. The normalized spacial score (nSPS) is 24.5. The Hall–Kier alpha value is -1.32. The SMILES string of the molecule is CC1(NCc2cc3ccccc3o2)CCOC1. The molecule has 90 valence electrons. The van der Waals surface area contributed by atoms with Crippen molar-refractivity contribution in [3.05, 3.63) is 36.1 Å². The van der Waals surface area contributed by atoms with Gasteiger partial charge in [-0.2, -0.15) is 0 Å². The van der Waals surface area contributed by atoms with Crippen LogP contribution < -0.4 is 5.32 Å². The maximum atomic E-state index is 5.77. The summed E-state index contributed by atoms with van der Waals surface area (Å²) in [4.78, 5) is 0. The molecule has 1 aliphatic rings. The van der Waals surface area contributed by atoms with E-state index in [4.69, 9.17) is 9.15 Å². The van der Waals surface area contributed by atoms with Crippen LogP contribution in [0.4, 0.5) is 0 Å². The first-order valence-corrected chi connectivity index (χ1v) is 6.05. The highest BCUT2D eigenvalue weighted by Crippen LogP contribution is 2.21. The summed E-state index contributed by atoms with van der Waals surface area (Å²) in [5, 5.41) is 4.68. The molecule has 3 nitrogen and oxygen atoms in total. The Morgan fingerprint density at radius 1 is 1.35 bits per heavy atom. The quantitative estimate of drug-likeness (QED) is 0.882. The summed E-state index contributed by atoms with van der Waals surface area (Å²) >= 11 is 0. The average molecular weight is 231 g/mol. The predicted octanol–water partition coefficient (Wildman–Crippen LogP) is 2.70. The second-order valence-corrected chi connectivity index (χ2v) is 4.97. The topological polar surface area (TPSA) is 34.4 Å². The van der Waals surface area contributed by atoms with Crippen LogP contribution in [0.15, 0.2) is 34.7 Å². The molecular weight excluding hydrogens is 214 g/mol. The van der Waals surface area contributed by atoms with Crippen LogP contribution in [0.25, 0.3) is 11.0 Å². The maximum Gasteiger partial charge on any atom is 0.134 e. The third-order valence-electron chi connectivity index (χ3n) is 3.38. The zero-order chi connectivity index (χ0) is 11.7. The fourth-order valence-electron chi connectivity index (χ4n) is 2.23. The van der Waals surface area contributed by atoms with Crippen LogP contribution in [0.2, 0.25) is 0 Å². The molecule has 2 aromatic rings. The molecule has 17 heavy (non-hydrogen) atoms. The van der Waals surface area contributed by atoms with Gasteiger partial charge in [0, 0.05) is 17.5 Å². The van der Waals surface area contributed by atoms with Crippen molar-refractivity contribution in [2.45, 2.75) is 25.4 Å². The summed E-state index contributed by atoms with van der Waals surface area (Å²) < 4.78 is 11.2. The van der Waals surface area contributed by atoms with Crippen LogP contribution in [0, 0.1) is 0 Å². The van der Waals surface area contributed by atoms with Gasteiger partial charge in [0.25, 0.3) is 0 Å². The van der Waals surface area contributed by atoms with Gasteiger partial charge in [0.1, 0.15) is 11.3 Å². The van der Waals surface area contributed by atoms with E-state index in [2.05, 4.69) is 24.4 Å². The summed E-state index contributed by atoms with van der Waals surface area (Å²) in [6.45, 7) is 4.59. The molecule has 3 heteroatoms. The van der Waals surface area contributed by atoms with Gasteiger partial charge in [-0.25, -0.2) is 0 Å². The van der Waals surface area contributed by atoms with Gasteiger partial charge in [-0.1, -0.05) is 18.2 Å². The lowest BCUT2D eigenvalue weighted by Gasteiger charge is -2.22. The highest BCUT2D eigenvalue weighted by atomic mass is 16.5. The summed E-state index contributed by atoms with van der Waals surface area (Å²) in [6.07, 6.45) is 1.06. The van der Waals surface area contributed by atoms with Crippen molar-refractivity contribution in [1.82, 2.24) is 5.32 Å². The molecule has 0 amide bonds. The molecule has 1 fully saturated rings. The maximum absolute atomic E-state index is 5.77. The number of hydrogen-bond donors (Lipinski definition) is 1. The van der Waals surface area contributed by atoms with Crippen LogP contribution in [0.1, 0.15) is 19.1 Å². The monoisotopic (exact) mass is 231 g/mol. The third kappa shape index (κ3) is 2.21. The van der Waals surface area contributed by atoms with E-state index >= 15 is 0 Å². The molecular formula is C14H17NO2. The minimum Gasteiger partial charge on any atom is -0.460 e. The molecule has 2 heterocycles. The molecule has 1 N–H and O–H groups in total. The van der Waals surface area contributed by atoms with Crippen molar-refractivity contribution in [2.75, 3.05) is 13.2 Å². The summed E-state index contributed by atoms with van der Waals surface area (Å²) in [5.41, 5.74) is 1.05. The number of benzene rings is 1. The summed E-state index contributed by atoms with van der Waals surface area (Å²) in [5.74, 6) is 0.985. The smallest absolute Gasteiger partial charge is 0.134 e. The van der Waals surface area contributed by atoms with Crippen LogP contribution in [0.3, 0.4) is 0 Å². The highest BCUT2D eigenvalue weighted by Gasteiger charge is 2.29. The van der Waals surface area contributed by atoms with E-state index in [9.17, 15) is 0 Å². The number of para-hydroxylation sites is 1. The van der Waals surface area contributed by atoms with Gasteiger partial charge < -0.3 is 14.5 Å². The Morgan fingerprint density at radius 2 is 2.24 bits per heavy atom. The molecule has 0 spiro atoms. The molecule has 3 rings (SSSR count). The van der Waals surface area contributed by atoms with Crippen LogP contribution in [0.5, 0.6) is 0 Å². The van der Waals surface area contributed by atoms with Crippen LogP contribution in [-0.2, 0) is 11.3 Å². The van der Waals surface area contributed by atoms with Crippen LogP contribution >= 0.6 is 0 Å². The van der Waals surface area contributed by atoms with Crippen LogP contribution in [-0.4, -0.2) is 18.8 Å². The molecule has 1 atom stereocenters. The molecule has 1 unspecified atom stereocenters. The van der Waals surface area contributed by atoms with Crippen molar-refractivity contribution < 1.29 is 9.15 Å². The van der Waals surface area contributed by atoms with Gasteiger partial charge in [-0.15, -0.1) is 0 Å². The number of hydrogen-bond acceptors (Lipinski definition) is 3. The fraction of sp³-hybridized carbons (Fsp3) is 0.429. The van der Waals surface area contributed by atoms with Crippen molar-refractivity contribution in [2.24, 2.45) is 0 Å². The van der Waals surface area contributed by atoms with E-state index in [1.165, 1.54) is 0 Å². The van der Waals surface area contributed by atoms with Gasteiger partial charge >= 0.3 is 0 Å². The van der Waals surface area contributed by atoms with E-state index in [0.717, 1.165) is 42.9 Å². The minimum atomic E-state index is 0.0962. The lowest BCUT2D eigenvalue weighted by Crippen LogP contribution is -2.42. The number of furan rings is 1. The highest BCUT2D eigenvalue weighted by molar-refractivity contribution is 5.77. The molecule has 1 aromatic carbocycles. The van der Waals surface area contributed by atoms with E-state index in [0.29, 0.717) is 0 Å². The predicted molar refractivity (Wildman–Crippen MR) is 66.9 cm³/mol. The zero-order valence-electron chi connectivity index (χ0n) is 10.0. The second kappa shape index (κ2) is 4.17. The minimum absolute atomic E-state index is 0.0962. The second-order valence-electron chi connectivity index (χ2n) is 4.97. The molecule has 1 aliphatic heterocycles. The number of nitrogens with one attached hydrogen (secondary N) is 1. The molecule has 1 aromatic heterocycles. The van der Waals surface area contributed by atoms with Gasteiger partial charge in [-0.05, 0) is 25.5 Å². The van der Waals surface area contributed by atoms with Gasteiger partial charge in [0.05, 0.1) is 13.2 Å². The first-order valence-electron chi connectivity index (χ1n) is 6.05. The van der Waals surface area contributed by atoms with Crippen molar-refractivity contribution >= 4 is 11.0 Å². The number of fused-ring (bicyclic) bond motifs is 1. The van der Waals surface area contributed by atoms with E-state index < -0.39 is 0 Å². The average Bonchev–Trinajstić information content (AvgIpc) is 2.93. The van der Waals surface area contributed by atoms with Gasteiger partial charge in [0.15, 0.2) is 0 Å². The summed E-state index contributed by atoms with van der Waals surface area (Å²) in [6, 6.07) is 10.2. The Balaban J connectivity index is 1.72. The Morgan fingerprint density at radius 3 is 3.00 bits per heavy atom. The summed E-state index contributed by atoms with van der Waals surface area (Å²) in [7, 11) is 0. The lowest BCUT2D eigenvalue weighted by molar-refractivity contribution is 0.170. The number of ether oxygens (including phenoxy) is 1. The van der Waals surface area contributed by atoms with Gasteiger partial charge in [-0.3, -0.25) is 0 Å². The lowest BCUT2D eigenvalue weighted by atomic mass is 10.0. The molecule has 1 saturated heterocycles. The van der Waals surface area contributed by atoms with E-state index in [1.807, 2.05) is 18.2 Å². The zero-order valence-corrected chi connectivity index (χ0v) is 10.0. The molecule has 0 radical (unpaired) electrons.